The van der Waals surface area contributed by atoms with E-state index in [-0.39, 0.29) is 12.5 Å². The third-order valence-electron chi connectivity index (χ3n) is 3.36. The smallest absolute Gasteiger partial charge is 0.265 e. The van der Waals surface area contributed by atoms with Crippen molar-refractivity contribution in [1.29, 1.82) is 0 Å². The Morgan fingerprint density at radius 1 is 1.17 bits per heavy atom. The number of hydrogen-bond donors (Lipinski definition) is 0. The highest BCUT2D eigenvalue weighted by Crippen LogP contribution is 2.27. The third kappa shape index (κ3) is 4.23. The molecule has 0 saturated carbocycles. The van der Waals surface area contributed by atoms with Gasteiger partial charge in [0.05, 0.1) is 7.11 Å². The lowest BCUT2D eigenvalue weighted by atomic mass is 10.2. The van der Waals surface area contributed by atoms with Gasteiger partial charge in [-0.05, 0) is 30.3 Å². The molecule has 0 saturated heterocycles. The maximum atomic E-state index is 12.5. The Morgan fingerprint density at radius 3 is 2.54 bits per heavy atom. The first-order valence-corrected chi connectivity index (χ1v) is 7.42. The van der Waals surface area contributed by atoms with E-state index in [1.54, 1.807) is 29.2 Å². The molecule has 0 aliphatic heterocycles. The number of anilines is 1. The second-order valence-corrected chi connectivity index (χ2v) is 4.95. The van der Waals surface area contributed by atoms with Crippen LogP contribution in [-0.4, -0.2) is 32.5 Å². The number of para-hydroxylation sites is 1. The molecule has 2 aromatic carbocycles. The standard InChI is InChI=1S/C19H19NO4/c1-3-11-20(16-7-5-4-6-8-16)19(22)14-24-17-10-9-15(13-21)12-18(17)23-2/h3-10,12-13H,1,11,14H2,2H3. The first-order chi connectivity index (χ1) is 11.7. The number of aldehydes is 1. The second-order valence-electron chi connectivity index (χ2n) is 4.95. The number of ether oxygens (including phenoxy) is 2. The van der Waals surface area contributed by atoms with Crippen LogP contribution in [0.1, 0.15) is 10.4 Å². The quantitative estimate of drug-likeness (QED) is 0.553. The third-order valence-corrected chi connectivity index (χ3v) is 3.36. The molecule has 2 rings (SSSR count). The molecule has 0 heterocycles. The Balaban J connectivity index is 2.11. The fourth-order valence-electron chi connectivity index (χ4n) is 2.18. The topological polar surface area (TPSA) is 55.8 Å². The second kappa shape index (κ2) is 8.53. The summed E-state index contributed by atoms with van der Waals surface area (Å²) in [6.07, 6.45) is 2.38. The van der Waals surface area contributed by atoms with E-state index in [2.05, 4.69) is 6.58 Å². The van der Waals surface area contributed by atoms with Gasteiger partial charge in [-0.1, -0.05) is 24.3 Å². The minimum atomic E-state index is -0.206. The summed E-state index contributed by atoms with van der Waals surface area (Å²) >= 11 is 0. The SMILES string of the molecule is C=CCN(C(=O)COc1ccc(C=O)cc1OC)c1ccccc1. The van der Waals surface area contributed by atoms with Gasteiger partial charge in [-0.3, -0.25) is 9.59 Å². The normalized spacial score (nSPS) is 9.88. The van der Waals surface area contributed by atoms with Crippen molar-refractivity contribution in [2.24, 2.45) is 0 Å². The molecular weight excluding hydrogens is 306 g/mol. The molecule has 5 nitrogen and oxygen atoms in total. The molecule has 1 amide bonds. The van der Waals surface area contributed by atoms with Crippen LogP contribution in [0.25, 0.3) is 0 Å². The van der Waals surface area contributed by atoms with Crippen molar-refractivity contribution in [3.05, 3.63) is 66.7 Å². The predicted molar refractivity (Wildman–Crippen MR) is 92.9 cm³/mol. The van der Waals surface area contributed by atoms with Crippen LogP contribution in [0.2, 0.25) is 0 Å². The predicted octanol–water partition coefficient (Wildman–Crippen LogP) is 3.11. The molecule has 5 heteroatoms. The van der Waals surface area contributed by atoms with Crippen LogP contribution in [0.15, 0.2) is 61.2 Å². The summed E-state index contributed by atoms with van der Waals surface area (Å²) in [6.45, 7) is 3.91. The van der Waals surface area contributed by atoms with Crippen molar-refractivity contribution in [2.75, 3.05) is 25.2 Å². The Bertz CT molecular complexity index is 713. The highest BCUT2D eigenvalue weighted by atomic mass is 16.5. The molecule has 0 radical (unpaired) electrons. The van der Waals surface area contributed by atoms with Crippen LogP contribution in [0.5, 0.6) is 11.5 Å². The van der Waals surface area contributed by atoms with Gasteiger partial charge in [0.25, 0.3) is 5.91 Å². The lowest BCUT2D eigenvalue weighted by molar-refractivity contribution is -0.120. The van der Waals surface area contributed by atoms with Crippen molar-refractivity contribution in [3.63, 3.8) is 0 Å². The summed E-state index contributed by atoms with van der Waals surface area (Å²) in [7, 11) is 1.48. The van der Waals surface area contributed by atoms with E-state index in [1.165, 1.54) is 7.11 Å². The summed E-state index contributed by atoms with van der Waals surface area (Å²) in [5.74, 6) is 0.605. The summed E-state index contributed by atoms with van der Waals surface area (Å²) in [4.78, 5) is 24.9. The van der Waals surface area contributed by atoms with Gasteiger partial charge in [-0.2, -0.15) is 0 Å². The van der Waals surface area contributed by atoms with E-state index < -0.39 is 0 Å². The molecule has 0 aromatic heterocycles. The Morgan fingerprint density at radius 2 is 1.92 bits per heavy atom. The van der Waals surface area contributed by atoms with Crippen LogP contribution in [0.3, 0.4) is 0 Å². The number of amides is 1. The van der Waals surface area contributed by atoms with Crippen molar-refractivity contribution in [1.82, 2.24) is 0 Å². The van der Waals surface area contributed by atoms with E-state index in [9.17, 15) is 9.59 Å². The zero-order valence-corrected chi connectivity index (χ0v) is 13.5. The largest absolute Gasteiger partial charge is 0.493 e. The minimum Gasteiger partial charge on any atom is -0.493 e. The molecule has 24 heavy (non-hydrogen) atoms. The Hall–Kier alpha value is -3.08. The van der Waals surface area contributed by atoms with E-state index in [4.69, 9.17) is 9.47 Å². The summed E-state index contributed by atoms with van der Waals surface area (Å²) in [5.41, 5.74) is 1.25. The molecule has 0 N–H and O–H groups in total. The van der Waals surface area contributed by atoms with Crippen LogP contribution >= 0.6 is 0 Å². The van der Waals surface area contributed by atoms with E-state index in [0.29, 0.717) is 23.6 Å². The number of nitrogens with zero attached hydrogens (tertiary/aromatic N) is 1. The van der Waals surface area contributed by atoms with Gasteiger partial charge in [-0.25, -0.2) is 0 Å². The number of carbonyl (C=O) groups is 2. The van der Waals surface area contributed by atoms with Gasteiger partial charge < -0.3 is 14.4 Å². The molecule has 2 aromatic rings. The molecule has 124 valence electrons. The Kier molecular flexibility index (Phi) is 6.14. The number of benzene rings is 2. The molecule has 0 fully saturated rings. The molecular formula is C19H19NO4. The Labute approximate surface area is 141 Å². The van der Waals surface area contributed by atoms with E-state index in [1.807, 2.05) is 30.3 Å². The summed E-state index contributed by atoms with van der Waals surface area (Å²) < 4.78 is 10.8. The average molecular weight is 325 g/mol. The lowest BCUT2D eigenvalue weighted by Gasteiger charge is -2.21. The number of hydrogen-bond acceptors (Lipinski definition) is 4. The van der Waals surface area contributed by atoms with Crippen molar-refractivity contribution >= 4 is 17.9 Å². The monoisotopic (exact) mass is 325 g/mol. The van der Waals surface area contributed by atoms with Gasteiger partial charge >= 0.3 is 0 Å². The molecule has 0 aliphatic rings. The van der Waals surface area contributed by atoms with Crippen LogP contribution in [0, 0.1) is 0 Å². The van der Waals surface area contributed by atoms with E-state index in [0.717, 1.165) is 12.0 Å². The van der Waals surface area contributed by atoms with Gasteiger partial charge in [0.1, 0.15) is 6.29 Å². The number of methoxy groups -OCH3 is 1. The zero-order chi connectivity index (χ0) is 17.4. The fourth-order valence-corrected chi connectivity index (χ4v) is 2.18. The maximum Gasteiger partial charge on any atom is 0.265 e. The zero-order valence-electron chi connectivity index (χ0n) is 13.5. The van der Waals surface area contributed by atoms with Gasteiger partial charge in [0.15, 0.2) is 18.1 Å². The van der Waals surface area contributed by atoms with Crippen LogP contribution < -0.4 is 14.4 Å². The molecule has 0 bridgehead atoms. The van der Waals surface area contributed by atoms with Crippen molar-refractivity contribution in [3.8, 4) is 11.5 Å². The highest BCUT2D eigenvalue weighted by Gasteiger charge is 2.16. The average Bonchev–Trinajstić information content (AvgIpc) is 2.64. The van der Waals surface area contributed by atoms with Gasteiger partial charge in [0.2, 0.25) is 0 Å². The number of rotatable bonds is 8. The van der Waals surface area contributed by atoms with E-state index >= 15 is 0 Å². The lowest BCUT2D eigenvalue weighted by Crippen LogP contribution is -2.35. The van der Waals surface area contributed by atoms with Gasteiger partial charge in [0, 0.05) is 17.8 Å². The molecule has 0 unspecified atom stereocenters. The van der Waals surface area contributed by atoms with Crippen molar-refractivity contribution < 1.29 is 19.1 Å². The highest BCUT2D eigenvalue weighted by molar-refractivity contribution is 5.94. The fraction of sp³-hybridized carbons (Fsp3) is 0.158. The summed E-state index contributed by atoms with van der Waals surface area (Å²) in [6, 6.07) is 14.1. The first kappa shape index (κ1) is 17.3. The maximum absolute atomic E-state index is 12.5. The molecule has 0 aliphatic carbocycles. The minimum absolute atomic E-state index is 0.153. The van der Waals surface area contributed by atoms with Crippen LogP contribution in [-0.2, 0) is 4.79 Å². The van der Waals surface area contributed by atoms with Crippen molar-refractivity contribution in [2.45, 2.75) is 0 Å². The molecule has 0 atom stereocenters. The van der Waals surface area contributed by atoms with Gasteiger partial charge in [-0.15, -0.1) is 6.58 Å². The van der Waals surface area contributed by atoms with Crippen LogP contribution in [0.4, 0.5) is 5.69 Å². The summed E-state index contributed by atoms with van der Waals surface area (Å²) in [5, 5.41) is 0. The number of carbonyl (C=O) groups excluding carboxylic acids is 2. The molecule has 0 spiro atoms. The first-order valence-electron chi connectivity index (χ1n) is 7.42.